The Morgan fingerprint density at radius 2 is 2.05 bits per heavy atom. The molecule has 0 aliphatic carbocycles. The third-order valence-electron chi connectivity index (χ3n) is 4.24. The molecule has 2 N–H and O–H groups in total. The first-order chi connectivity index (χ1) is 10.1. The van der Waals surface area contributed by atoms with Gasteiger partial charge >= 0.3 is 0 Å². The number of rotatable bonds is 3. The highest BCUT2D eigenvalue weighted by Gasteiger charge is 2.30. The maximum atomic E-state index is 6.63. The lowest BCUT2D eigenvalue weighted by Gasteiger charge is -2.33. The summed E-state index contributed by atoms with van der Waals surface area (Å²) in [5, 5.41) is 0. The molecule has 0 bridgehead atoms. The summed E-state index contributed by atoms with van der Waals surface area (Å²) in [7, 11) is 0. The molecule has 1 aliphatic heterocycles. The average Bonchev–Trinajstić information content (AvgIpc) is 2.47. The maximum Gasteiger partial charge on any atom is 0.122 e. The monoisotopic (exact) mass is 345 g/mol. The second-order valence-electron chi connectivity index (χ2n) is 6.00. The Kier molecular flexibility index (Phi) is 4.05. The quantitative estimate of drug-likeness (QED) is 0.883. The van der Waals surface area contributed by atoms with E-state index < -0.39 is 0 Å². The lowest BCUT2D eigenvalue weighted by molar-refractivity contribution is 0.247. The van der Waals surface area contributed by atoms with Crippen molar-refractivity contribution < 1.29 is 4.74 Å². The molecular weight excluding hydrogens is 326 g/mol. The van der Waals surface area contributed by atoms with Crippen LogP contribution < -0.4 is 10.5 Å². The molecule has 3 heteroatoms. The van der Waals surface area contributed by atoms with E-state index in [1.807, 2.05) is 18.2 Å². The van der Waals surface area contributed by atoms with Gasteiger partial charge in [-0.15, -0.1) is 0 Å². The minimum Gasteiger partial charge on any atom is -0.493 e. The zero-order valence-corrected chi connectivity index (χ0v) is 13.8. The van der Waals surface area contributed by atoms with Gasteiger partial charge in [0.1, 0.15) is 5.75 Å². The largest absolute Gasteiger partial charge is 0.493 e. The van der Waals surface area contributed by atoms with Gasteiger partial charge in [-0.05, 0) is 55.0 Å². The van der Waals surface area contributed by atoms with Gasteiger partial charge in [-0.3, -0.25) is 0 Å². The van der Waals surface area contributed by atoms with E-state index in [-0.39, 0.29) is 5.54 Å². The van der Waals surface area contributed by atoms with Crippen LogP contribution in [0.3, 0.4) is 0 Å². The van der Waals surface area contributed by atoms with E-state index in [4.69, 9.17) is 10.5 Å². The molecule has 1 aliphatic rings. The van der Waals surface area contributed by atoms with Crippen LogP contribution >= 0.6 is 15.9 Å². The topological polar surface area (TPSA) is 35.2 Å². The highest BCUT2D eigenvalue weighted by atomic mass is 79.9. The molecule has 1 heterocycles. The zero-order chi connectivity index (χ0) is 14.9. The Bertz CT molecular complexity index is 639. The van der Waals surface area contributed by atoms with Gasteiger partial charge in [0.15, 0.2) is 0 Å². The fourth-order valence-corrected chi connectivity index (χ4v) is 3.50. The van der Waals surface area contributed by atoms with Crippen LogP contribution in [0.5, 0.6) is 5.75 Å². The van der Waals surface area contributed by atoms with Crippen molar-refractivity contribution in [3.63, 3.8) is 0 Å². The average molecular weight is 346 g/mol. The van der Waals surface area contributed by atoms with Gasteiger partial charge in [0.05, 0.1) is 6.61 Å². The number of para-hydroxylation sites is 1. The fourth-order valence-electron chi connectivity index (χ4n) is 3.10. The number of fused-ring (bicyclic) bond motifs is 1. The molecule has 0 amide bonds. The number of hydrogen-bond donors (Lipinski definition) is 1. The summed E-state index contributed by atoms with van der Waals surface area (Å²) >= 11 is 3.53. The van der Waals surface area contributed by atoms with E-state index in [1.54, 1.807) is 0 Å². The summed E-state index contributed by atoms with van der Waals surface area (Å²) in [5.74, 6) is 1.46. The van der Waals surface area contributed by atoms with Crippen LogP contribution in [0.15, 0.2) is 53.0 Å². The number of hydrogen-bond acceptors (Lipinski definition) is 2. The molecule has 0 spiro atoms. The molecule has 2 aromatic rings. The molecule has 2 atom stereocenters. The Morgan fingerprint density at radius 3 is 2.86 bits per heavy atom. The lowest BCUT2D eigenvalue weighted by atomic mass is 9.79. The summed E-state index contributed by atoms with van der Waals surface area (Å²) in [6.07, 6.45) is 1.95. The first-order valence-electron chi connectivity index (χ1n) is 7.33. The van der Waals surface area contributed by atoms with Crippen molar-refractivity contribution >= 4 is 15.9 Å². The second kappa shape index (κ2) is 5.82. The minimum absolute atomic E-state index is 0.348. The molecule has 2 nitrogen and oxygen atoms in total. The van der Waals surface area contributed by atoms with E-state index >= 15 is 0 Å². The zero-order valence-electron chi connectivity index (χ0n) is 12.2. The summed E-state index contributed by atoms with van der Waals surface area (Å²) in [6.45, 7) is 2.89. The van der Waals surface area contributed by atoms with E-state index in [1.165, 1.54) is 11.1 Å². The smallest absolute Gasteiger partial charge is 0.122 e. The van der Waals surface area contributed by atoms with E-state index in [0.29, 0.717) is 5.92 Å². The van der Waals surface area contributed by atoms with Crippen LogP contribution in [0.2, 0.25) is 0 Å². The van der Waals surface area contributed by atoms with Crippen molar-refractivity contribution in [1.29, 1.82) is 0 Å². The van der Waals surface area contributed by atoms with Gasteiger partial charge in [0.25, 0.3) is 0 Å². The van der Waals surface area contributed by atoms with E-state index in [0.717, 1.165) is 29.7 Å². The third-order valence-corrected chi connectivity index (χ3v) is 4.73. The van der Waals surface area contributed by atoms with Crippen LogP contribution in [0.25, 0.3) is 0 Å². The normalized spacial score (nSPS) is 20.2. The number of nitrogens with two attached hydrogens (primary N) is 1. The first-order valence-corrected chi connectivity index (χ1v) is 8.12. The molecule has 110 valence electrons. The second-order valence-corrected chi connectivity index (χ2v) is 6.92. The van der Waals surface area contributed by atoms with Crippen molar-refractivity contribution in [1.82, 2.24) is 0 Å². The highest BCUT2D eigenvalue weighted by Crippen LogP contribution is 2.40. The van der Waals surface area contributed by atoms with Gasteiger partial charge in [-0.1, -0.05) is 46.3 Å². The Morgan fingerprint density at radius 1 is 1.24 bits per heavy atom. The predicted octanol–water partition coefficient (Wildman–Crippen LogP) is 4.58. The molecule has 0 saturated carbocycles. The molecule has 2 aromatic carbocycles. The highest BCUT2D eigenvalue weighted by molar-refractivity contribution is 9.10. The molecule has 0 saturated heterocycles. The number of benzene rings is 2. The summed E-state index contributed by atoms with van der Waals surface area (Å²) in [6, 6.07) is 16.6. The van der Waals surface area contributed by atoms with E-state index in [9.17, 15) is 0 Å². The molecule has 3 rings (SSSR count). The Balaban J connectivity index is 1.86. The molecule has 2 unspecified atom stereocenters. The Labute approximate surface area is 134 Å². The number of halogens is 1. The minimum atomic E-state index is -0.348. The van der Waals surface area contributed by atoms with Crippen molar-refractivity contribution in [3.05, 3.63) is 64.1 Å². The lowest BCUT2D eigenvalue weighted by Crippen LogP contribution is -2.35. The fraction of sp³-hybridized carbons (Fsp3) is 0.333. The molecule has 21 heavy (non-hydrogen) atoms. The van der Waals surface area contributed by atoms with Crippen molar-refractivity contribution in [2.45, 2.75) is 31.2 Å². The Hall–Kier alpha value is -1.32. The van der Waals surface area contributed by atoms with Crippen molar-refractivity contribution in [2.75, 3.05) is 6.61 Å². The van der Waals surface area contributed by atoms with Crippen LogP contribution in [0.1, 0.15) is 36.8 Å². The number of ether oxygens (including phenoxy) is 1. The summed E-state index contributed by atoms with van der Waals surface area (Å²) in [5.41, 5.74) is 8.74. The van der Waals surface area contributed by atoms with Crippen molar-refractivity contribution in [2.24, 2.45) is 5.73 Å². The van der Waals surface area contributed by atoms with Gasteiger partial charge in [-0.25, -0.2) is 0 Å². The van der Waals surface area contributed by atoms with Crippen LogP contribution in [0.4, 0.5) is 0 Å². The van der Waals surface area contributed by atoms with Crippen LogP contribution in [0, 0.1) is 0 Å². The van der Waals surface area contributed by atoms with Gasteiger partial charge < -0.3 is 10.5 Å². The van der Waals surface area contributed by atoms with Gasteiger partial charge in [0, 0.05) is 10.0 Å². The van der Waals surface area contributed by atoms with Crippen LogP contribution in [-0.4, -0.2) is 6.61 Å². The summed E-state index contributed by atoms with van der Waals surface area (Å²) < 4.78 is 6.82. The maximum absolute atomic E-state index is 6.63. The first kappa shape index (κ1) is 14.6. The SMILES string of the molecule is CC(N)(CC1CCOc2ccccc21)c1cccc(Br)c1. The third kappa shape index (κ3) is 3.14. The van der Waals surface area contributed by atoms with Crippen molar-refractivity contribution in [3.8, 4) is 5.75 Å². The van der Waals surface area contributed by atoms with E-state index in [2.05, 4.69) is 53.2 Å². The van der Waals surface area contributed by atoms with Gasteiger partial charge in [-0.2, -0.15) is 0 Å². The standard InChI is InChI=1S/C18H20BrNO/c1-18(20,14-5-4-6-15(19)11-14)12-13-9-10-21-17-8-3-2-7-16(13)17/h2-8,11,13H,9-10,12,20H2,1H3. The molecule has 0 radical (unpaired) electrons. The van der Waals surface area contributed by atoms with Gasteiger partial charge in [0.2, 0.25) is 0 Å². The molecule has 0 aromatic heterocycles. The molecular formula is C18H20BrNO. The summed E-state index contributed by atoms with van der Waals surface area (Å²) in [4.78, 5) is 0. The predicted molar refractivity (Wildman–Crippen MR) is 89.6 cm³/mol. The van der Waals surface area contributed by atoms with Crippen LogP contribution in [-0.2, 0) is 5.54 Å². The molecule has 0 fully saturated rings.